The molecule has 0 aromatic rings. The highest BCUT2D eigenvalue weighted by molar-refractivity contribution is 5.76. The predicted octanol–water partition coefficient (Wildman–Crippen LogP) is 1.91. The average molecular weight is 193 g/mol. The van der Waals surface area contributed by atoms with Crippen molar-refractivity contribution in [2.75, 3.05) is 0 Å². The molecule has 0 bridgehead atoms. The molecular weight excluding hydrogens is 187 g/mol. The normalized spacial score (nSPS) is 12.9. The monoisotopic (exact) mass is 193 g/mol. The summed E-state index contributed by atoms with van der Waals surface area (Å²) >= 11 is 0. The van der Waals surface area contributed by atoms with E-state index in [1.807, 2.05) is 0 Å². The summed E-state index contributed by atoms with van der Waals surface area (Å²) in [4.78, 5) is 10.2. The number of hydrogen-bond donors (Lipinski definition) is 0. The molecule has 0 saturated heterocycles. The Labute approximate surface area is 72.4 Å². The number of halogens is 3. The molecule has 0 rings (SSSR count). The van der Waals surface area contributed by atoms with Gasteiger partial charge in [0.1, 0.15) is 5.76 Å². The van der Waals surface area contributed by atoms with Crippen molar-refractivity contribution in [1.29, 1.82) is 5.26 Å². The Morgan fingerprint density at radius 3 is 2.15 bits per heavy atom. The van der Waals surface area contributed by atoms with Crippen molar-refractivity contribution in [1.82, 2.24) is 0 Å². The van der Waals surface area contributed by atoms with Crippen LogP contribution in [0.15, 0.2) is 11.3 Å². The minimum atomic E-state index is -5.03. The van der Waals surface area contributed by atoms with Crippen LogP contribution >= 0.6 is 0 Å². The van der Waals surface area contributed by atoms with Gasteiger partial charge >= 0.3 is 12.1 Å². The molecule has 0 N–H and O–H groups in total. The molecule has 0 aliphatic heterocycles. The predicted molar refractivity (Wildman–Crippen MR) is 36.1 cm³/mol. The van der Waals surface area contributed by atoms with Gasteiger partial charge in [0.25, 0.3) is 0 Å². The Balaban J connectivity index is 4.51. The molecule has 0 aromatic carbocycles. The van der Waals surface area contributed by atoms with Crippen LogP contribution < -0.4 is 0 Å². The van der Waals surface area contributed by atoms with Crippen LogP contribution in [0.1, 0.15) is 13.8 Å². The number of carbonyl (C=O) groups excluding carboxylic acids is 1. The number of ether oxygens (including phenoxy) is 1. The lowest BCUT2D eigenvalue weighted by molar-refractivity contribution is -0.195. The third-order valence-corrected chi connectivity index (χ3v) is 1.17. The minimum Gasteiger partial charge on any atom is -0.424 e. The molecule has 0 aliphatic rings. The Hall–Kier alpha value is -1.51. The molecule has 0 saturated carbocycles. The molecule has 0 atom stereocenters. The van der Waals surface area contributed by atoms with Gasteiger partial charge < -0.3 is 4.74 Å². The van der Waals surface area contributed by atoms with Crippen molar-refractivity contribution < 1.29 is 22.7 Å². The van der Waals surface area contributed by atoms with Crippen molar-refractivity contribution in [2.45, 2.75) is 20.0 Å². The number of hydrogen-bond acceptors (Lipinski definition) is 3. The number of nitriles is 1. The fourth-order valence-corrected chi connectivity index (χ4v) is 0.352. The fraction of sp³-hybridized carbons (Fsp3) is 0.429. The van der Waals surface area contributed by atoms with Crippen molar-refractivity contribution in [3.05, 3.63) is 11.3 Å². The van der Waals surface area contributed by atoms with E-state index in [1.54, 1.807) is 6.07 Å². The SMILES string of the molecule is CC(C#N)=C(C)OC(=O)C(F)(F)F. The van der Waals surface area contributed by atoms with E-state index < -0.39 is 12.1 Å². The fourth-order valence-electron chi connectivity index (χ4n) is 0.352. The number of esters is 1. The molecule has 0 aliphatic carbocycles. The van der Waals surface area contributed by atoms with Gasteiger partial charge in [-0.25, -0.2) is 4.79 Å². The van der Waals surface area contributed by atoms with Crippen LogP contribution in [0.2, 0.25) is 0 Å². The van der Waals surface area contributed by atoms with Gasteiger partial charge in [0.05, 0.1) is 11.6 Å². The van der Waals surface area contributed by atoms with Crippen LogP contribution in [-0.4, -0.2) is 12.1 Å². The van der Waals surface area contributed by atoms with Crippen LogP contribution in [0, 0.1) is 11.3 Å². The van der Waals surface area contributed by atoms with Gasteiger partial charge in [-0.1, -0.05) is 0 Å². The van der Waals surface area contributed by atoms with Crippen molar-refractivity contribution in [3.8, 4) is 6.07 Å². The van der Waals surface area contributed by atoms with Gasteiger partial charge in [-0.2, -0.15) is 18.4 Å². The summed E-state index contributed by atoms with van der Waals surface area (Å²) in [5.41, 5.74) is -0.0717. The first-order valence-electron chi connectivity index (χ1n) is 3.15. The zero-order valence-corrected chi connectivity index (χ0v) is 6.90. The summed E-state index contributed by atoms with van der Waals surface area (Å²) in [5, 5.41) is 8.24. The molecule has 0 heterocycles. The van der Waals surface area contributed by atoms with Gasteiger partial charge in [-0.15, -0.1) is 0 Å². The molecule has 0 spiro atoms. The first kappa shape index (κ1) is 11.5. The Bertz CT molecular complexity index is 285. The quantitative estimate of drug-likeness (QED) is 0.363. The van der Waals surface area contributed by atoms with Crippen LogP contribution in [0.25, 0.3) is 0 Å². The summed E-state index contributed by atoms with van der Waals surface area (Å²) < 4.78 is 38.7. The maximum Gasteiger partial charge on any atom is 0.491 e. The molecule has 0 unspecified atom stereocenters. The highest BCUT2D eigenvalue weighted by atomic mass is 19.4. The molecule has 6 heteroatoms. The summed E-state index contributed by atoms with van der Waals surface area (Å²) in [6.07, 6.45) is -5.03. The molecule has 0 aromatic heterocycles. The molecular formula is C7H6F3NO2. The summed E-state index contributed by atoms with van der Waals surface area (Å²) in [6.45, 7) is 2.36. The van der Waals surface area contributed by atoms with Gasteiger partial charge in [-0.3, -0.25) is 0 Å². The number of nitrogens with zero attached hydrogens (tertiary/aromatic N) is 1. The van der Waals surface area contributed by atoms with E-state index in [9.17, 15) is 18.0 Å². The molecule has 3 nitrogen and oxygen atoms in total. The highest BCUT2D eigenvalue weighted by Gasteiger charge is 2.41. The van der Waals surface area contributed by atoms with E-state index in [0.29, 0.717) is 0 Å². The van der Waals surface area contributed by atoms with E-state index in [1.165, 1.54) is 6.92 Å². The van der Waals surface area contributed by atoms with Crippen LogP contribution in [0.4, 0.5) is 13.2 Å². The second-order valence-electron chi connectivity index (χ2n) is 2.18. The van der Waals surface area contributed by atoms with E-state index >= 15 is 0 Å². The largest absolute Gasteiger partial charge is 0.491 e. The Kier molecular flexibility index (Phi) is 3.48. The van der Waals surface area contributed by atoms with E-state index in [-0.39, 0.29) is 11.3 Å². The van der Waals surface area contributed by atoms with Gasteiger partial charge in [-0.05, 0) is 13.8 Å². The number of carbonyl (C=O) groups is 1. The zero-order chi connectivity index (χ0) is 10.6. The molecule has 0 radical (unpaired) electrons. The van der Waals surface area contributed by atoms with Gasteiger partial charge in [0, 0.05) is 0 Å². The highest BCUT2D eigenvalue weighted by Crippen LogP contribution is 2.19. The van der Waals surface area contributed by atoms with Crippen molar-refractivity contribution >= 4 is 5.97 Å². The van der Waals surface area contributed by atoms with Crippen LogP contribution in [0.3, 0.4) is 0 Å². The lowest BCUT2D eigenvalue weighted by Gasteiger charge is -2.06. The molecule has 72 valence electrons. The first-order chi connectivity index (χ1) is 5.79. The number of allylic oxidation sites excluding steroid dienone is 2. The summed E-state index contributed by atoms with van der Waals surface area (Å²) in [6, 6.07) is 1.56. The second-order valence-corrected chi connectivity index (χ2v) is 2.18. The zero-order valence-electron chi connectivity index (χ0n) is 6.90. The first-order valence-corrected chi connectivity index (χ1v) is 3.15. The van der Waals surface area contributed by atoms with Gasteiger partial charge in [0.2, 0.25) is 0 Å². The summed E-state index contributed by atoms with van der Waals surface area (Å²) in [5.74, 6) is -2.66. The maximum absolute atomic E-state index is 11.6. The standard InChI is InChI=1S/C7H6F3NO2/c1-4(3-11)5(2)13-6(12)7(8,9)10/h1-2H3. The smallest absolute Gasteiger partial charge is 0.424 e. The third kappa shape index (κ3) is 3.60. The molecule has 0 fully saturated rings. The van der Waals surface area contributed by atoms with Crippen molar-refractivity contribution in [2.24, 2.45) is 0 Å². The minimum absolute atomic E-state index is 0.0717. The Morgan fingerprint density at radius 1 is 1.38 bits per heavy atom. The number of alkyl halides is 3. The average Bonchev–Trinajstić information content (AvgIpc) is 2.01. The lowest BCUT2D eigenvalue weighted by Crippen LogP contribution is -2.24. The van der Waals surface area contributed by atoms with E-state index in [2.05, 4.69) is 4.74 Å². The topological polar surface area (TPSA) is 50.1 Å². The van der Waals surface area contributed by atoms with Crippen LogP contribution in [0.5, 0.6) is 0 Å². The second kappa shape index (κ2) is 3.94. The van der Waals surface area contributed by atoms with E-state index in [4.69, 9.17) is 5.26 Å². The summed E-state index contributed by atoms with van der Waals surface area (Å²) in [7, 11) is 0. The number of rotatable bonds is 1. The third-order valence-electron chi connectivity index (χ3n) is 1.17. The van der Waals surface area contributed by atoms with Crippen molar-refractivity contribution in [3.63, 3.8) is 0 Å². The van der Waals surface area contributed by atoms with E-state index in [0.717, 1.165) is 6.92 Å². The Morgan fingerprint density at radius 2 is 1.85 bits per heavy atom. The van der Waals surface area contributed by atoms with Gasteiger partial charge in [0.15, 0.2) is 0 Å². The molecule has 0 amide bonds. The maximum atomic E-state index is 11.6. The lowest BCUT2D eigenvalue weighted by atomic mass is 10.3. The van der Waals surface area contributed by atoms with Crippen LogP contribution in [-0.2, 0) is 9.53 Å². The molecule has 13 heavy (non-hydrogen) atoms.